The van der Waals surface area contributed by atoms with Crippen LogP contribution in [0.3, 0.4) is 0 Å². The first kappa shape index (κ1) is 28.9. The summed E-state index contributed by atoms with van der Waals surface area (Å²) >= 11 is 0. The third-order valence-corrected chi connectivity index (χ3v) is 8.15. The van der Waals surface area contributed by atoms with Gasteiger partial charge in [-0.2, -0.15) is 0 Å². The number of urea groups is 1. The maximum atomic E-state index is 13.7. The second-order valence-corrected chi connectivity index (χ2v) is 13.1. The summed E-state index contributed by atoms with van der Waals surface area (Å²) in [5.74, 6) is -2.95. The molecule has 6 N–H and O–H groups in total. The molecule has 0 spiro atoms. The molecule has 2 saturated carbocycles. The van der Waals surface area contributed by atoms with Crippen molar-refractivity contribution in [2.45, 2.75) is 103 Å². The molecule has 11 nitrogen and oxygen atoms in total. The van der Waals surface area contributed by atoms with Crippen LogP contribution in [0.1, 0.15) is 74.1 Å². The van der Waals surface area contributed by atoms with Gasteiger partial charge in [-0.25, -0.2) is 4.79 Å². The van der Waals surface area contributed by atoms with E-state index in [-0.39, 0.29) is 29.7 Å². The largest absolute Gasteiger partial charge is 0.388 e. The zero-order valence-corrected chi connectivity index (χ0v) is 23.0. The third-order valence-electron chi connectivity index (χ3n) is 8.15. The van der Waals surface area contributed by atoms with Gasteiger partial charge in [0.2, 0.25) is 17.6 Å². The van der Waals surface area contributed by atoms with Crippen molar-refractivity contribution in [3.05, 3.63) is 0 Å². The van der Waals surface area contributed by atoms with E-state index in [2.05, 4.69) is 16.0 Å². The van der Waals surface area contributed by atoms with Gasteiger partial charge in [0, 0.05) is 12.1 Å². The lowest BCUT2D eigenvalue weighted by Crippen LogP contribution is -2.64. The Morgan fingerprint density at radius 2 is 1.65 bits per heavy atom. The fraction of sp³-hybridized carbons (Fsp3) is 0.808. The predicted molar refractivity (Wildman–Crippen MR) is 136 cm³/mol. The van der Waals surface area contributed by atoms with E-state index in [1.54, 1.807) is 20.8 Å². The number of rotatable bonds is 9. The number of fused-ring (bicyclic) bond motifs is 1. The molecule has 0 aromatic carbocycles. The highest BCUT2D eigenvalue weighted by atomic mass is 16.3. The Bertz CT molecular complexity index is 961. The number of hydrogen-bond acceptors (Lipinski definition) is 6. The van der Waals surface area contributed by atoms with E-state index in [1.807, 2.05) is 13.8 Å². The van der Waals surface area contributed by atoms with Crippen molar-refractivity contribution in [3.63, 3.8) is 0 Å². The molecule has 3 aliphatic rings. The van der Waals surface area contributed by atoms with Gasteiger partial charge >= 0.3 is 6.03 Å². The summed E-state index contributed by atoms with van der Waals surface area (Å²) in [6.07, 6.45) is 3.19. The molecule has 1 heterocycles. The van der Waals surface area contributed by atoms with E-state index in [4.69, 9.17) is 5.73 Å². The number of nitrogens with two attached hydrogens (primary N) is 1. The van der Waals surface area contributed by atoms with Crippen molar-refractivity contribution in [3.8, 4) is 0 Å². The smallest absolute Gasteiger partial charge is 0.315 e. The zero-order chi connectivity index (χ0) is 28.1. The normalized spacial score (nSPS) is 26.3. The van der Waals surface area contributed by atoms with E-state index < -0.39 is 58.8 Å². The second-order valence-electron chi connectivity index (χ2n) is 13.1. The van der Waals surface area contributed by atoms with Gasteiger partial charge in [0.15, 0.2) is 0 Å². The van der Waals surface area contributed by atoms with Crippen LogP contribution in [0.25, 0.3) is 0 Å². The molecule has 5 atom stereocenters. The Morgan fingerprint density at radius 1 is 1.05 bits per heavy atom. The van der Waals surface area contributed by atoms with Crippen molar-refractivity contribution < 1.29 is 29.1 Å². The summed E-state index contributed by atoms with van der Waals surface area (Å²) in [4.78, 5) is 65.5. The quantitative estimate of drug-likeness (QED) is 0.276. The Labute approximate surface area is 218 Å². The Hall–Kier alpha value is -2.69. The molecule has 1 unspecified atom stereocenters. The van der Waals surface area contributed by atoms with Crippen LogP contribution < -0.4 is 21.7 Å². The lowest BCUT2D eigenvalue weighted by Gasteiger charge is -2.38. The van der Waals surface area contributed by atoms with Crippen LogP contribution in [0.4, 0.5) is 4.79 Å². The summed E-state index contributed by atoms with van der Waals surface area (Å²) in [5, 5.41) is 18.8. The van der Waals surface area contributed by atoms with E-state index in [0.29, 0.717) is 6.42 Å². The number of nitrogens with one attached hydrogen (secondary N) is 3. The number of piperidine rings is 1. The van der Waals surface area contributed by atoms with Crippen molar-refractivity contribution in [2.24, 2.45) is 28.9 Å². The van der Waals surface area contributed by atoms with Crippen LogP contribution >= 0.6 is 0 Å². The third kappa shape index (κ3) is 6.25. The zero-order valence-electron chi connectivity index (χ0n) is 23.0. The average Bonchev–Trinajstić information content (AvgIpc) is 3.06. The lowest BCUT2D eigenvalue weighted by molar-refractivity contribution is -0.147. The molecule has 3 fully saturated rings. The summed E-state index contributed by atoms with van der Waals surface area (Å²) < 4.78 is 0. The predicted octanol–water partition coefficient (Wildman–Crippen LogP) is 0.436. The van der Waals surface area contributed by atoms with E-state index in [1.165, 1.54) is 18.7 Å². The number of likely N-dealkylation sites (tertiary alicyclic amines) is 1. The van der Waals surface area contributed by atoms with Crippen LogP contribution in [0.2, 0.25) is 0 Å². The molecule has 2 aliphatic carbocycles. The van der Waals surface area contributed by atoms with Crippen molar-refractivity contribution in [2.75, 3.05) is 6.54 Å². The number of hydrogen-bond donors (Lipinski definition) is 5. The number of Topliss-reactive ketones (excluding diaryl/α,β-unsaturated/α-hetero) is 1. The van der Waals surface area contributed by atoms with Gasteiger partial charge in [0.05, 0.1) is 11.6 Å². The number of carbonyl (C=O) groups is 5. The molecule has 208 valence electrons. The van der Waals surface area contributed by atoms with Gasteiger partial charge in [0.1, 0.15) is 12.1 Å². The molecular weight excluding hydrogens is 478 g/mol. The number of amides is 5. The van der Waals surface area contributed by atoms with Gasteiger partial charge in [0.25, 0.3) is 5.91 Å². The minimum Gasteiger partial charge on any atom is -0.388 e. The SMILES string of the molecule is CC(C)(C)NC(=O)N[C@H](C(=O)N1C[C@H]2[C@@H]([C@H]1C(=O)NC(CC1CCC1)C(=O)C(N)=O)C2(C)C)C(C)(C)O. The van der Waals surface area contributed by atoms with Crippen LogP contribution in [-0.2, 0) is 19.2 Å². The van der Waals surface area contributed by atoms with E-state index >= 15 is 0 Å². The fourth-order valence-corrected chi connectivity index (χ4v) is 5.75. The number of primary amides is 1. The van der Waals surface area contributed by atoms with Gasteiger partial charge in [-0.3, -0.25) is 19.2 Å². The number of carbonyl (C=O) groups excluding carboxylic acids is 5. The van der Waals surface area contributed by atoms with Crippen molar-refractivity contribution >= 4 is 29.5 Å². The standard InChI is InChI=1S/C26H43N5O6/c1-24(2,3)30-23(36)29-19(26(6,7)37)22(35)31-12-14-16(25(14,4)5)17(31)21(34)28-15(18(32)20(27)33)11-13-9-8-10-13/h13-17,19,37H,8-12H2,1-7H3,(H2,27,33)(H,28,34)(H2,29,30,36)/t14-,15?,16-,17-,19+/m0/s1. The first-order valence-corrected chi connectivity index (χ1v) is 13.1. The average molecular weight is 522 g/mol. The Kier molecular flexibility index (Phi) is 7.71. The van der Waals surface area contributed by atoms with Gasteiger partial charge in [-0.05, 0) is 64.2 Å². The van der Waals surface area contributed by atoms with Crippen molar-refractivity contribution in [1.29, 1.82) is 0 Å². The van der Waals surface area contributed by atoms with Gasteiger partial charge in [-0.15, -0.1) is 0 Å². The molecular formula is C26H43N5O6. The van der Waals surface area contributed by atoms with Gasteiger partial charge < -0.3 is 31.7 Å². The van der Waals surface area contributed by atoms with Gasteiger partial charge in [-0.1, -0.05) is 33.1 Å². The molecule has 0 bridgehead atoms. The lowest BCUT2D eigenvalue weighted by atomic mass is 9.80. The first-order chi connectivity index (χ1) is 16.8. The maximum absolute atomic E-state index is 13.7. The molecule has 5 amide bonds. The number of nitrogens with zero attached hydrogens (tertiary/aromatic N) is 1. The topological polar surface area (TPSA) is 171 Å². The summed E-state index contributed by atoms with van der Waals surface area (Å²) in [7, 11) is 0. The molecule has 1 aliphatic heterocycles. The molecule has 1 saturated heterocycles. The Balaban J connectivity index is 1.83. The fourth-order valence-electron chi connectivity index (χ4n) is 5.75. The second kappa shape index (κ2) is 9.89. The van der Waals surface area contributed by atoms with E-state index in [0.717, 1.165) is 19.3 Å². The highest BCUT2D eigenvalue weighted by Gasteiger charge is 2.70. The molecule has 0 radical (unpaired) electrons. The van der Waals surface area contributed by atoms with Crippen LogP contribution in [0.15, 0.2) is 0 Å². The summed E-state index contributed by atoms with van der Waals surface area (Å²) in [6.45, 7) is 12.5. The molecule has 3 rings (SSSR count). The van der Waals surface area contributed by atoms with Crippen molar-refractivity contribution in [1.82, 2.24) is 20.9 Å². The molecule has 37 heavy (non-hydrogen) atoms. The maximum Gasteiger partial charge on any atom is 0.315 e. The summed E-state index contributed by atoms with van der Waals surface area (Å²) in [6, 6.07) is -3.89. The van der Waals surface area contributed by atoms with Crippen LogP contribution in [0.5, 0.6) is 0 Å². The summed E-state index contributed by atoms with van der Waals surface area (Å²) in [5.41, 5.74) is 2.87. The highest BCUT2D eigenvalue weighted by molar-refractivity contribution is 6.37. The number of aliphatic hydroxyl groups is 1. The van der Waals surface area contributed by atoms with Crippen LogP contribution in [0, 0.1) is 23.2 Å². The molecule has 0 aromatic heterocycles. The first-order valence-electron chi connectivity index (χ1n) is 13.1. The Morgan fingerprint density at radius 3 is 2.11 bits per heavy atom. The minimum atomic E-state index is -1.62. The molecule has 11 heteroatoms. The van der Waals surface area contributed by atoms with E-state index in [9.17, 15) is 29.1 Å². The minimum absolute atomic E-state index is 0.0509. The monoisotopic (exact) mass is 521 g/mol. The molecule has 0 aromatic rings. The van der Waals surface area contributed by atoms with Crippen LogP contribution in [-0.4, -0.2) is 75.4 Å². The highest BCUT2D eigenvalue weighted by Crippen LogP contribution is 2.65. The number of ketones is 1.